The van der Waals surface area contributed by atoms with Gasteiger partial charge in [0.1, 0.15) is 18.1 Å². The van der Waals surface area contributed by atoms with Gasteiger partial charge in [-0.1, -0.05) is 18.6 Å². The smallest absolute Gasteiger partial charge is 0.346 e. The second-order valence-electron chi connectivity index (χ2n) is 8.78. The standard InChI is InChI=1S/C24H33N5O4/c1-33-20-10-7-19(8-11-20)9-12-22(30)26-13-5-14-27(17-16-26)23(31)18-29-24(32)28-15-4-2-3-6-21(28)25-29/h7-8,10-11H,2-6,9,12-18H2,1H3. The van der Waals surface area contributed by atoms with Gasteiger partial charge in [0.25, 0.3) is 0 Å². The molecule has 178 valence electrons. The van der Waals surface area contributed by atoms with E-state index in [1.807, 2.05) is 29.2 Å². The van der Waals surface area contributed by atoms with E-state index in [1.165, 1.54) is 4.68 Å². The summed E-state index contributed by atoms with van der Waals surface area (Å²) < 4.78 is 8.20. The van der Waals surface area contributed by atoms with Gasteiger partial charge in [-0.2, -0.15) is 5.10 Å². The van der Waals surface area contributed by atoms with Gasteiger partial charge >= 0.3 is 5.69 Å². The van der Waals surface area contributed by atoms with Crippen LogP contribution in [0.5, 0.6) is 5.75 Å². The molecule has 0 unspecified atom stereocenters. The molecule has 1 saturated heterocycles. The third-order valence-electron chi connectivity index (χ3n) is 6.55. The van der Waals surface area contributed by atoms with Crippen LogP contribution in [-0.2, 0) is 35.5 Å². The average Bonchev–Trinajstić information content (AvgIpc) is 3.07. The predicted molar refractivity (Wildman–Crippen MR) is 123 cm³/mol. The number of carbonyl (C=O) groups excluding carboxylic acids is 2. The molecule has 1 aromatic heterocycles. The van der Waals surface area contributed by atoms with Crippen molar-refractivity contribution in [2.45, 2.75) is 58.0 Å². The Hall–Kier alpha value is -3.10. The van der Waals surface area contributed by atoms with Crippen molar-refractivity contribution in [1.82, 2.24) is 24.1 Å². The van der Waals surface area contributed by atoms with Crippen LogP contribution < -0.4 is 10.4 Å². The molecule has 1 aromatic carbocycles. The molecule has 1 fully saturated rings. The van der Waals surface area contributed by atoms with Crippen LogP contribution in [0.25, 0.3) is 0 Å². The van der Waals surface area contributed by atoms with Crippen LogP contribution >= 0.6 is 0 Å². The highest BCUT2D eigenvalue weighted by Crippen LogP contribution is 2.14. The van der Waals surface area contributed by atoms with Gasteiger partial charge in [0.2, 0.25) is 11.8 Å². The van der Waals surface area contributed by atoms with Crippen LogP contribution in [0.3, 0.4) is 0 Å². The van der Waals surface area contributed by atoms with E-state index < -0.39 is 0 Å². The van der Waals surface area contributed by atoms with E-state index in [1.54, 1.807) is 16.6 Å². The van der Waals surface area contributed by atoms with Crippen molar-refractivity contribution in [3.63, 3.8) is 0 Å². The molecule has 0 radical (unpaired) electrons. The lowest BCUT2D eigenvalue weighted by Gasteiger charge is -2.22. The number of carbonyl (C=O) groups is 2. The van der Waals surface area contributed by atoms with Gasteiger partial charge in [0.05, 0.1) is 7.11 Å². The van der Waals surface area contributed by atoms with Crippen molar-refractivity contribution in [2.24, 2.45) is 0 Å². The first kappa shape index (κ1) is 23.1. The lowest BCUT2D eigenvalue weighted by Crippen LogP contribution is -2.40. The van der Waals surface area contributed by atoms with Crippen LogP contribution in [-0.4, -0.2) is 69.3 Å². The van der Waals surface area contributed by atoms with E-state index in [2.05, 4.69) is 5.10 Å². The molecular formula is C24H33N5O4. The second-order valence-corrected chi connectivity index (χ2v) is 8.78. The zero-order valence-corrected chi connectivity index (χ0v) is 19.4. The fourth-order valence-corrected chi connectivity index (χ4v) is 4.57. The first-order chi connectivity index (χ1) is 16.0. The molecule has 2 aromatic rings. The molecule has 9 heteroatoms. The molecule has 3 heterocycles. The lowest BCUT2D eigenvalue weighted by atomic mass is 10.1. The van der Waals surface area contributed by atoms with Crippen molar-refractivity contribution in [3.8, 4) is 5.75 Å². The maximum Gasteiger partial charge on any atom is 0.346 e. The molecule has 9 nitrogen and oxygen atoms in total. The minimum absolute atomic E-state index is 0.0375. The maximum absolute atomic E-state index is 12.9. The van der Waals surface area contributed by atoms with Crippen LogP contribution in [0.2, 0.25) is 0 Å². The van der Waals surface area contributed by atoms with Crippen molar-refractivity contribution in [3.05, 3.63) is 46.1 Å². The second kappa shape index (κ2) is 10.7. The highest BCUT2D eigenvalue weighted by molar-refractivity contribution is 5.77. The monoisotopic (exact) mass is 455 g/mol. The van der Waals surface area contributed by atoms with Gasteiger partial charge in [-0.3, -0.25) is 14.2 Å². The number of hydrogen-bond donors (Lipinski definition) is 0. The zero-order chi connectivity index (χ0) is 23.2. The van der Waals surface area contributed by atoms with E-state index in [9.17, 15) is 14.4 Å². The number of aromatic nitrogens is 3. The molecule has 2 amide bonds. The van der Waals surface area contributed by atoms with Gasteiger partial charge in [-0.05, 0) is 43.4 Å². The van der Waals surface area contributed by atoms with E-state index in [0.29, 0.717) is 45.6 Å². The number of amides is 2. The molecule has 33 heavy (non-hydrogen) atoms. The molecular weight excluding hydrogens is 422 g/mol. The van der Waals surface area contributed by atoms with Crippen molar-refractivity contribution < 1.29 is 14.3 Å². The molecule has 2 aliphatic rings. The van der Waals surface area contributed by atoms with Crippen molar-refractivity contribution in [2.75, 3.05) is 33.3 Å². The third kappa shape index (κ3) is 5.64. The molecule has 0 aliphatic carbocycles. The van der Waals surface area contributed by atoms with E-state index >= 15 is 0 Å². The number of fused-ring (bicyclic) bond motifs is 1. The number of aryl methyl sites for hydroxylation is 2. The fraction of sp³-hybridized carbons (Fsp3) is 0.583. The van der Waals surface area contributed by atoms with E-state index in [4.69, 9.17) is 4.74 Å². The summed E-state index contributed by atoms with van der Waals surface area (Å²) in [7, 11) is 1.63. The number of ether oxygens (including phenoxy) is 1. The Morgan fingerprint density at radius 1 is 0.909 bits per heavy atom. The largest absolute Gasteiger partial charge is 0.497 e. The van der Waals surface area contributed by atoms with Crippen LogP contribution in [0.4, 0.5) is 0 Å². The predicted octanol–water partition coefficient (Wildman–Crippen LogP) is 1.47. The molecule has 0 N–H and O–H groups in total. The SMILES string of the molecule is COc1ccc(CCC(=O)N2CCCN(C(=O)Cn3nc4n(c3=O)CCCCC4)CC2)cc1. The average molecular weight is 456 g/mol. The Morgan fingerprint density at radius 3 is 2.36 bits per heavy atom. The fourth-order valence-electron chi connectivity index (χ4n) is 4.57. The molecule has 0 atom stereocenters. The van der Waals surface area contributed by atoms with Crippen LogP contribution in [0.1, 0.15) is 43.5 Å². The molecule has 4 rings (SSSR count). The number of nitrogens with zero attached hydrogens (tertiary/aromatic N) is 5. The zero-order valence-electron chi connectivity index (χ0n) is 19.4. The summed E-state index contributed by atoms with van der Waals surface area (Å²) in [5.74, 6) is 1.58. The third-order valence-corrected chi connectivity index (χ3v) is 6.55. The van der Waals surface area contributed by atoms with E-state index in [0.717, 1.165) is 49.2 Å². The van der Waals surface area contributed by atoms with Crippen molar-refractivity contribution in [1.29, 1.82) is 0 Å². The quantitative estimate of drug-likeness (QED) is 0.658. The summed E-state index contributed by atoms with van der Waals surface area (Å²) in [5.41, 5.74) is 0.907. The minimum atomic E-state index is -0.189. The van der Waals surface area contributed by atoms with Gasteiger partial charge in [0, 0.05) is 45.6 Å². The van der Waals surface area contributed by atoms with Gasteiger partial charge < -0.3 is 14.5 Å². The summed E-state index contributed by atoms with van der Waals surface area (Å²) >= 11 is 0. The number of benzene rings is 1. The van der Waals surface area contributed by atoms with Gasteiger partial charge in [0.15, 0.2) is 0 Å². The Balaban J connectivity index is 1.29. The molecule has 0 saturated carbocycles. The summed E-state index contributed by atoms with van der Waals surface area (Å²) in [6.45, 7) is 2.87. The highest BCUT2D eigenvalue weighted by atomic mass is 16.5. The van der Waals surface area contributed by atoms with Crippen LogP contribution in [0, 0.1) is 0 Å². The minimum Gasteiger partial charge on any atom is -0.497 e. The normalized spacial score (nSPS) is 16.6. The maximum atomic E-state index is 12.9. The Labute approximate surface area is 193 Å². The summed E-state index contributed by atoms with van der Waals surface area (Å²) in [6, 6.07) is 7.76. The number of rotatable bonds is 6. The lowest BCUT2D eigenvalue weighted by molar-refractivity contribution is -0.134. The summed E-state index contributed by atoms with van der Waals surface area (Å²) in [5, 5.41) is 4.42. The molecule has 0 spiro atoms. The Kier molecular flexibility index (Phi) is 7.47. The molecule has 0 bridgehead atoms. The Bertz CT molecular complexity index is 1030. The topological polar surface area (TPSA) is 89.7 Å². The number of hydrogen-bond acceptors (Lipinski definition) is 5. The number of methoxy groups -OCH3 is 1. The van der Waals surface area contributed by atoms with Crippen molar-refractivity contribution >= 4 is 11.8 Å². The Morgan fingerprint density at radius 2 is 1.64 bits per heavy atom. The highest BCUT2D eigenvalue weighted by Gasteiger charge is 2.24. The van der Waals surface area contributed by atoms with E-state index in [-0.39, 0.29) is 24.0 Å². The first-order valence-electron chi connectivity index (χ1n) is 11.9. The first-order valence-corrected chi connectivity index (χ1v) is 11.9. The molecule has 2 aliphatic heterocycles. The summed E-state index contributed by atoms with van der Waals surface area (Å²) in [4.78, 5) is 41.9. The van der Waals surface area contributed by atoms with Gasteiger partial charge in [-0.25, -0.2) is 9.48 Å². The summed E-state index contributed by atoms with van der Waals surface area (Å²) in [6.07, 6.45) is 5.73. The van der Waals surface area contributed by atoms with Crippen LogP contribution in [0.15, 0.2) is 29.1 Å². The van der Waals surface area contributed by atoms with Gasteiger partial charge in [-0.15, -0.1) is 0 Å².